The third-order valence-corrected chi connectivity index (χ3v) is 9.40. The topological polar surface area (TPSA) is 78.9 Å². The molecule has 2 aromatic heterocycles. The SMILES string of the molecule is Cc1c(-c2cc3ccccc3n2CC2CC2)oc2cc(C(=O)N3CC4CCC3[C@@H]4N(C(=O)O)C(C)(C)C)ccc12. The molecule has 2 aliphatic carbocycles. The molecule has 3 aliphatic rings. The molecule has 4 aromatic rings. The number of benzene rings is 2. The fourth-order valence-corrected chi connectivity index (χ4v) is 7.37. The number of nitrogens with zero attached hydrogens (tertiary/aromatic N) is 3. The molecule has 3 heterocycles. The van der Waals surface area contributed by atoms with E-state index in [9.17, 15) is 14.7 Å². The van der Waals surface area contributed by atoms with Crippen LogP contribution in [0.15, 0.2) is 52.9 Å². The van der Waals surface area contributed by atoms with Gasteiger partial charge in [-0.05, 0) is 89.5 Å². The first kappa shape index (κ1) is 25.2. The molecule has 208 valence electrons. The van der Waals surface area contributed by atoms with Gasteiger partial charge in [0.1, 0.15) is 5.58 Å². The van der Waals surface area contributed by atoms with Gasteiger partial charge in [-0.15, -0.1) is 0 Å². The first-order valence-electron chi connectivity index (χ1n) is 14.6. The molecule has 7 nitrogen and oxygen atoms in total. The van der Waals surface area contributed by atoms with E-state index in [2.05, 4.69) is 41.8 Å². The zero-order chi connectivity index (χ0) is 27.9. The van der Waals surface area contributed by atoms with Gasteiger partial charge in [0.2, 0.25) is 0 Å². The molecule has 7 heteroatoms. The Morgan fingerprint density at radius 3 is 2.55 bits per heavy atom. The van der Waals surface area contributed by atoms with Crippen molar-refractivity contribution in [3.8, 4) is 11.5 Å². The zero-order valence-corrected chi connectivity index (χ0v) is 23.7. The van der Waals surface area contributed by atoms with Gasteiger partial charge in [0.15, 0.2) is 5.76 Å². The average molecular weight is 540 g/mol. The first-order valence-corrected chi connectivity index (χ1v) is 14.6. The number of carboxylic acid groups (broad SMARTS) is 1. The highest BCUT2D eigenvalue weighted by atomic mass is 16.4. The van der Waals surface area contributed by atoms with Crippen LogP contribution in [-0.2, 0) is 6.54 Å². The Balaban J connectivity index is 1.22. The predicted molar refractivity (Wildman–Crippen MR) is 156 cm³/mol. The maximum absolute atomic E-state index is 13.8. The Morgan fingerprint density at radius 2 is 1.82 bits per heavy atom. The van der Waals surface area contributed by atoms with Crippen LogP contribution >= 0.6 is 0 Å². The van der Waals surface area contributed by atoms with Gasteiger partial charge in [-0.3, -0.25) is 9.69 Å². The van der Waals surface area contributed by atoms with E-state index in [-0.39, 0.29) is 23.9 Å². The Labute approximate surface area is 234 Å². The van der Waals surface area contributed by atoms with E-state index in [1.807, 2.05) is 43.9 Å². The van der Waals surface area contributed by atoms with E-state index in [0.29, 0.717) is 17.7 Å². The summed E-state index contributed by atoms with van der Waals surface area (Å²) < 4.78 is 8.93. The number of aromatic nitrogens is 1. The van der Waals surface area contributed by atoms with E-state index in [1.54, 1.807) is 4.90 Å². The second-order valence-electron chi connectivity index (χ2n) is 13.1. The lowest BCUT2D eigenvalue weighted by Gasteiger charge is -2.40. The van der Waals surface area contributed by atoms with E-state index < -0.39 is 11.6 Å². The largest absolute Gasteiger partial charge is 0.465 e. The number of hydrogen-bond donors (Lipinski definition) is 1. The Bertz CT molecular complexity index is 1650. The minimum Gasteiger partial charge on any atom is -0.465 e. The molecule has 1 saturated heterocycles. The highest BCUT2D eigenvalue weighted by Gasteiger charge is 2.54. The summed E-state index contributed by atoms with van der Waals surface area (Å²) in [4.78, 5) is 29.6. The molecule has 3 atom stereocenters. The normalized spacial score (nSPS) is 22.5. The van der Waals surface area contributed by atoms with Gasteiger partial charge in [-0.2, -0.15) is 0 Å². The molecule has 1 aliphatic heterocycles. The lowest BCUT2D eigenvalue weighted by Crippen LogP contribution is -2.55. The number of fused-ring (bicyclic) bond motifs is 4. The lowest BCUT2D eigenvalue weighted by molar-refractivity contribution is 0.0503. The highest BCUT2D eigenvalue weighted by molar-refractivity contribution is 6.00. The first-order chi connectivity index (χ1) is 19.1. The number of carbonyl (C=O) groups excluding carboxylic acids is 1. The third-order valence-electron chi connectivity index (χ3n) is 9.40. The second-order valence-corrected chi connectivity index (χ2v) is 13.1. The van der Waals surface area contributed by atoms with Crippen LogP contribution in [0.3, 0.4) is 0 Å². The van der Waals surface area contributed by atoms with Gasteiger partial charge in [0.05, 0.1) is 17.8 Å². The van der Waals surface area contributed by atoms with Crippen LogP contribution in [0.4, 0.5) is 4.79 Å². The summed E-state index contributed by atoms with van der Waals surface area (Å²) in [7, 11) is 0. The van der Waals surface area contributed by atoms with E-state index in [4.69, 9.17) is 4.42 Å². The van der Waals surface area contributed by atoms with Crippen molar-refractivity contribution < 1.29 is 19.1 Å². The summed E-state index contributed by atoms with van der Waals surface area (Å²) in [5.74, 6) is 1.70. The summed E-state index contributed by atoms with van der Waals surface area (Å²) >= 11 is 0. The molecule has 1 N–H and O–H groups in total. The quantitative estimate of drug-likeness (QED) is 0.292. The third kappa shape index (κ3) is 3.93. The summed E-state index contributed by atoms with van der Waals surface area (Å²) in [6, 6.07) is 16.2. The smallest absolute Gasteiger partial charge is 0.408 e. The Kier molecular flexibility index (Phi) is 5.61. The van der Waals surface area contributed by atoms with E-state index in [0.717, 1.165) is 47.7 Å². The highest BCUT2D eigenvalue weighted by Crippen LogP contribution is 2.44. The van der Waals surface area contributed by atoms with Gasteiger partial charge >= 0.3 is 6.09 Å². The Morgan fingerprint density at radius 1 is 1.05 bits per heavy atom. The van der Waals surface area contributed by atoms with Gasteiger partial charge in [-0.1, -0.05) is 24.3 Å². The molecule has 3 fully saturated rings. The predicted octanol–water partition coefficient (Wildman–Crippen LogP) is 7.15. The van der Waals surface area contributed by atoms with Crippen molar-refractivity contribution in [1.82, 2.24) is 14.4 Å². The fraction of sp³-hybridized carbons (Fsp3) is 0.455. The number of amides is 2. The van der Waals surface area contributed by atoms with Crippen molar-refractivity contribution in [2.45, 2.75) is 77.5 Å². The molecule has 0 radical (unpaired) electrons. The molecule has 2 aromatic carbocycles. The lowest BCUT2D eigenvalue weighted by atomic mass is 9.98. The monoisotopic (exact) mass is 539 g/mol. The summed E-state index contributed by atoms with van der Waals surface area (Å²) in [5, 5.41) is 12.3. The summed E-state index contributed by atoms with van der Waals surface area (Å²) in [6.45, 7) is 9.47. The van der Waals surface area contributed by atoms with Crippen LogP contribution < -0.4 is 0 Å². The standard InChI is InChI=1S/C33H37N3O4/c1-19-24-13-11-22(31(37)35-18-23-12-14-26(35)29(23)36(32(38)39)33(2,3)4)16-28(24)40-30(19)27-15-21-7-5-6-8-25(21)34(27)17-20-9-10-20/h5-8,11,13,15-16,20,23,26,29H,9-10,12,14,17-18H2,1-4H3,(H,38,39)/t23?,26?,29-/m1/s1. The van der Waals surface area contributed by atoms with Crippen molar-refractivity contribution in [1.29, 1.82) is 0 Å². The van der Waals surface area contributed by atoms with Crippen LogP contribution in [0.5, 0.6) is 0 Å². The molecular formula is C33H37N3O4. The van der Waals surface area contributed by atoms with E-state index in [1.165, 1.54) is 23.7 Å². The van der Waals surface area contributed by atoms with Crippen LogP contribution in [-0.4, -0.2) is 55.6 Å². The summed E-state index contributed by atoms with van der Waals surface area (Å²) in [5.41, 5.74) is 4.17. The maximum atomic E-state index is 13.8. The number of aryl methyl sites for hydroxylation is 1. The zero-order valence-electron chi connectivity index (χ0n) is 23.7. The van der Waals surface area contributed by atoms with Crippen LogP contribution in [0.25, 0.3) is 33.3 Å². The number of rotatable bonds is 5. The van der Waals surface area contributed by atoms with Crippen LogP contribution in [0.2, 0.25) is 0 Å². The van der Waals surface area contributed by atoms with Crippen molar-refractivity contribution in [2.24, 2.45) is 11.8 Å². The molecule has 2 unspecified atom stereocenters. The molecule has 2 saturated carbocycles. The van der Waals surface area contributed by atoms with Gasteiger partial charge < -0.3 is 19.0 Å². The number of piperidine rings is 1. The second kappa shape index (κ2) is 8.88. The number of furan rings is 1. The van der Waals surface area contributed by atoms with Crippen LogP contribution in [0.1, 0.15) is 62.4 Å². The number of likely N-dealkylation sites (tertiary alicyclic amines) is 1. The molecule has 40 heavy (non-hydrogen) atoms. The van der Waals surface area contributed by atoms with Gasteiger partial charge in [0.25, 0.3) is 5.91 Å². The fourth-order valence-electron chi connectivity index (χ4n) is 7.37. The maximum Gasteiger partial charge on any atom is 0.408 e. The van der Waals surface area contributed by atoms with Gasteiger partial charge in [0, 0.05) is 46.0 Å². The Hall–Kier alpha value is -3.74. The minimum absolute atomic E-state index is 0.0446. The molecule has 2 amide bonds. The van der Waals surface area contributed by atoms with Gasteiger partial charge in [-0.25, -0.2) is 4.79 Å². The molecule has 0 spiro atoms. The molecule has 2 bridgehead atoms. The van der Waals surface area contributed by atoms with Crippen molar-refractivity contribution in [2.75, 3.05) is 6.54 Å². The minimum atomic E-state index is -0.914. The number of para-hydroxylation sites is 1. The number of carbonyl (C=O) groups is 2. The van der Waals surface area contributed by atoms with Crippen LogP contribution in [0, 0.1) is 18.8 Å². The van der Waals surface area contributed by atoms with Crippen molar-refractivity contribution in [3.63, 3.8) is 0 Å². The molecule has 7 rings (SSSR count). The van der Waals surface area contributed by atoms with E-state index >= 15 is 0 Å². The van der Waals surface area contributed by atoms with Crippen molar-refractivity contribution in [3.05, 3.63) is 59.7 Å². The summed E-state index contributed by atoms with van der Waals surface area (Å²) in [6.07, 6.45) is 3.42. The average Bonchev–Trinajstić information content (AvgIpc) is 3.24. The number of hydrogen-bond acceptors (Lipinski definition) is 3. The van der Waals surface area contributed by atoms with Crippen molar-refractivity contribution >= 4 is 33.9 Å². The molecular weight excluding hydrogens is 502 g/mol.